The van der Waals surface area contributed by atoms with Gasteiger partial charge in [-0.2, -0.15) is 13.2 Å². The van der Waals surface area contributed by atoms with Crippen molar-refractivity contribution in [3.8, 4) is 0 Å². The molecule has 0 heterocycles. The standard InChI is InChI=1S/C26H39F3/c1-2-5-20-8-14-23(15-9-20)24-16-10-21(11-17-24)6-3-4-7-22-12-18-25(19-13-22)26(27,28)29/h12-13,18-21,23-24H,2-11,14-17H2,1H3. The number of aryl methyl sites for hydroxylation is 1. The second-order valence-corrected chi connectivity index (χ2v) is 9.79. The van der Waals surface area contributed by atoms with Crippen LogP contribution in [0.4, 0.5) is 13.2 Å². The van der Waals surface area contributed by atoms with Crippen LogP contribution < -0.4 is 0 Å². The van der Waals surface area contributed by atoms with Gasteiger partial charge in [0.1, 0.15) is 0 Å². The molecule has 0 radical (unpaired) electrons. The van der Waals surface area contributed by atoms with E-state index < -0.39 is 11.7 Å². The summed E-state index contributed by atoms with van der Waals surface area (Å²) in [6, 6.07) is 5.71. The van der Waals surface area contributed by atoms with Crippen molar-refractivity contribution < 1.29 is 13.2 Å². The minimum absolute atomic E-state index is 0.545. The molecule has 2 aliphatic rings. The zero-order valence-electron chi connectivity index (χ0n) is 18.2. The molecule has 3 heteroatoms. The molecule has 0 spiro atoms. The first kappa shape index (κ1) is 22.7. The van der Waals surface area contributed by atoms with Gasteiger partial charge in [0.25, 0.3) is 0 Å². The average molecular weight is 409 g/mol. The molecule has 0 unspecified atom stereocenters. The lowest BCUT2D eigenvalue weighted by molar-refractivity contribution is -0.137. The van der Waals surface area contributed by atoms with Crippen LogP contribution in [-0.4, -0.2) is 0 Å². The van der Waals surface area contributed by atoms with E-state index in [9.17, 15) is 13.2 Å². The van der Waals surface area contributed by atoms with Gasteiger partial charge in [-0.1, -0.05) is 70.4 Å². The molecule has 0 N–H and O–H groups in total. The van der Waals surface area contributed by atoms with Gasteiger partial charge in [0, 0.05) is 0 Å². The first-order valence-electron chi connectivity index (χ1n) is 12.1. The smallest absolute Gasteiger partial charge is 0.166 e. The van der Waals surface area contributed by atoms with Gasteiger partial charge in [-0.25, -0.2) is 0 Å². The van der Waals surface area contributed by atoms with Crippen molar-refractivity contribution in [1.82, 2.24) is 0 Å². The molecule has 0 atom stereocenters. The van der Waals surface area contributed by atoms with Gasteiger partial charge in [0.05, 0.1) is 5.56 Å². The molecule has 3 rings (SSSR count). The lowest BCUT2D eigenvalue weighted by Crippen LogP contribution is -2.25. The molecule has 1 aromatic rings. The van der Waals surface area contributed by atoms with Crippen LogP contribution in [0.25, 0.3) is 0 Å². The SMILES string of the molecule is CCCC1CCC(C2CCC(CCCCc3ccc(C(F)(F)F)cc3)CC2)CC1. The fourth-order valence-corrected chi connectivity index (χ4v) is 5.93. The molecular formula is C26H39F3. The topological polar surface area (TPSA) is 0 Å². The molecule has 29 heavy (non-hydrogen) atoms. The summed E-state index contributed by atoms with van der Waals surface area (Å²) >= 11 is 0. The van der Waals surface area contributed by atoms with Crippen LogP contribution in [-0.2, 0) is 12.6 Å². The molecule has 0 amide bonds. The Bertz CT molecular complexity index is 573. The molecular weight excluding hydrogens is 369 g/mol. The number of unbranched alkanes of at least 4 members (excludes halogenated alkanes) is 1. The van der Waals surface area contributed by atoms with Gasteiger partial charge in [-0.15, -0.1) is 0 Å². The second kappa shape index (κ2) is 10.9. The summed E-state index contributed by atoms with van der Waals surface area (Å²) in [4.78, 5) is 0. The highest BCUT2D eigenvalue weighted by Gasteiger charge is 2.31. The van der Waals surface area contributed by atoms with E-state index in [0.717, 1.165) is 42.1 Å². The molecule has 2 fully saturated rings. The van der Waals surface area contributed by atoms with E-state index >= 15 is 0 Å². The maximum Gasteiger partial charge on any atom is 0.416 e. The lowest BCUT2D eigenvalue weighted by Gasteiger charge is -2.38. The highest BCUT2D eigenvalue weighted by Crippen LogP contribution is 2.43. The summed E-state index contributed by atoms with van der Waals surface area (Å²) in [6.07, 6.45) is 14.6. The van der Waals surface area contributed by atoms with Crippen molar-refractivity contribution in [2.24, 2.45) is 23.7 Å². The molecule has 0 bridgehead atoms. The van der Waals surface area contributed by atoms with E-state index in [2.05, 4.69) is 6.92 Å². The van der Waals surface area contributed by atoms with Crippen LogP contribution in [0.2, 0.25) is 0 Å². The van der Waals surface area contributed by atoms with Crippen LogP contribution in [0.5, 0.6) is 0 Å². The Labute approximate surface area is 175 Å². The summed E-state index contributed by atoms with van der Waals surface area (Å²) in [6.45, 7) is 2.32. The second-order valence-electron chi connectivity index (χ2n) is 9.79. The van der Waals surface area contributed by atoms with Crippen LogP contribution in [0.1, 0.15) is 102 Å². The number of hydrogen-bond acceptors (Lipinski definition) is 0. The van der Waals surface area contributed by atoms with Crippen molar-refractivity contribution in [1.29, 1.82) is 0 Å². The van der Waals surface area contributed by atoms with Crippen molar-refractivity contribution in [3.63, 3.8) is 0 Å². The predicted octanol–water partition coefficient (Wildman–Crippen LogP) is 8.83. The summed E-state index contributed by atoms with van der Waals surface area (Å²) in [7, 11) is 0. The van der Waals surface area contributed by atoms with Crippen molar-refractivity contribution in [2.45, 2.75) is 103 Å². The number of benzene rings is 1. The van der Waals surface area contributed by atoms with Gasteiger partial charge in [0.15, 0.2) is 0 Å². The Hall–Kier alpha value is -0.990. The minimum atomic E-state index is -4.23. The maximum absolute atomic E-state index is 12.6. The van der Waals surface area contributed by atoms with E-state index in [4.69, 9.17) is 0 Å². The summed E-state index contributed by atoms with van der Waals surface area (Å²) in [5.41, 5.74) is 0.484. The van der Waals surface area contributed by atoms with Crippen LogP contribution in [0.3, 0.4) is 0 Å². The third-order valence-electron chi connectivity index (χ3n) is 7.76. The number of halogens is 3. The van der Waals surface area contributed by atoms with Crippen LogP contribution in [0, 0.1) is 23.7 Å². The monoisotopic (exact) mass is 408 g/mol. The third kappa shape index (κ3) is 7.03. The largest absolute Gasteiger partial charge is 0.416 e. The number of hydrogen-bond donors (Lipinski definition) is 0. The van der Waals surface area contributed by atoms with E-state index in [0.29, 0.717) is 0 Å². The van der Waals surface area contributed by atoms with Crippen molar-refractivity contribution >= 4 is 0 Å². The van der Waals surface area contributed by atoms with Gasteiger partial charge in [-0.05, 0) is 79.9 Å². The fraction of sp³-hybridized carbons (Fsp3) is 0.769. The molecule has 2 aliphatic carbocycles. The molecule has 1 aromatic carbocycles. The Morgan fingerprint density at radius 3 is 1.72 bits per heavy atom. The third-order valence-corrected chi connectivity index (χ3v) is 7.76. The predicted molar refractivity (Wildman–Crippen MR) is 115 cm³/mol. The zero-order chi connectivity index (χ0) is 20.7. The van der Waals surface area contributed by atoms with Gasteiger partial charge in [0.2, 0.25) is 0 Å². The fourth-order valence-electron chi connectivity index (χ4n) is 5.93. The molecule has 2 saturated carbocycles. The summed E-state index contributed by atoms with van der Waals surface area (Å²) < 4.78 is 37.9. The Balaban J connectivity index is 1.29. The lowest BCUT2D eigenvalue weighted by atomic mass is 9.68. The van der Waals surface area contributed by atoms with Crippen molar-refractivity contribution in [3.05, 3.63) is 35.4 Å². The maximum atomic E-state index is 12.6. The Kier molecular flexibility index (Phi) is 8.50. The van der Waals surface area contributed by atoms with Gasteiger partial charge >= 0.3 is 6.18 Å². The average Bonchev–Trinajstić information content (AvgIpc) is 2.72. The zero-order valence-corrected chi connectivity index (χ0v) is 18.2. The van der Waals surface area contributed by atoms with Gasteiger partial charge in [-0.3, -0.25) is 0 Å². The first-order chi connectivity index (χ1) is 14.0. The quantitative estimate of drug-likeness (QED) is 0.377. The molecule has 164 valence electrons. The van der Waals surface area contributed by atoms with Crippen LogP contribution in [0.15, 0.2) is 24.3 Å². The van der Waals surface area contributed by atoms with E-state index in [1.807, 2.05) is 0 Å². The molecule has 0 nitrogen and oxygen atoms in total. The molecule has 0 saturated heterocycles. The first-order valence-corrected chi connectivity index (χ1v) is 12.1. The number of alkyl halides is 3. The van der Waals surface area contributed by atoms with Gasteiger partial charge < -0.3 is 0 Å². The van der Waals surface area contributed by atoms with E-state index in [1.165, 1.54) is 89.2 Å². The summed E-state index contributed by atoms with van der Waals surface area (Å²) in [5.74, 6) is 3.89. The highest BCUT2D eigenvalue weighted by molar-refractivity contribution is 5.24. The summed E-state index contributed by atoms with van der Waals surface area (Å²) in [5, 5.41) is 0. The van der Waals surface area contributed by atoms with Crippen LogP contribution >= 0.6 is 0 Å². The van der Waals surface area contributed by atoms with Crippen molar-refractivity contribution in [2.75, 3.05) is 0 Å². The minimum Gasteiger partial charge on any atom is -0.166 e. The highest BCUT2D eigenvalue weighted by atomic mass is 19.4. The van der Waals surface area contributed by atoms with E-state index in [-0.39, 0.29) is 0 Å². The normalized spacial score (nSPS) is 28.4. The Morgan fingerprint density at radius 2 is 1.24 bits per heavy atom. The van der Waals surface area contributed by atoms with E-state index in [1.54, 1.807) is 12.1 Å². The number of rotatable bonds is 8. The molecule has 0 aliphatic heterocycles. The molecule has 0 aromatic heterocycles. The Morgan fingerprint density at radius 1 is 0.724 bits per heavy atom.